The van der Waals surface area contributed by atoms with Crippen molar-refractivity contribution in [2.75, 3.05) is 4.90 Å². The van der Waals surface area contributed by atoms with Crippen LogP contribution in [0.4, 0.5) is 17.1 Å². The Morgan fingerprint density at radius 3 is 1.95 bits per heavy atom. The molecular formula is C57H38N2. The summed E-state index contributed by atoms with van der Waals surface area (Å²) in [6.07, 6.45) is 14.0. The van der Waals surface area contributed by atoms with Crippen LogP contribution >= 0.6 is 0 Å². The van der Waals surface area contributed by atoms with Crippen LogP contribution in [0.1, 0.15) is 11.1 Å². The molecule has 13 rings (SSSR count). The van der Waals surface area contributed by atoms with Gasteiger partial charge in [0.2, 0.25) is 0 Å². The van der Waals surface area contributed by atoms with Crippen molar-refractivity contribution in [3.8, 4) is 27.9 Å². The van der Waals surface area contributed by atoms with Gasteiger partial charge < -0.3 is 9.47 Å². The molecule has 3 unspecified atom stereocenters. The highest BCUT2D eigenvalue weighted by Crippen LogP contribution is 2.71. The summed E-state index contributed by atoms with van der Waals surface area (Å²) in [6, 6.07) is 66.9. The lowest BCUT2D eigenvalue weighted by Gasteiger charge is -2.64. The predicted molar refractivity (Wildman–Crippen MR) is 246 cm³/mol. The summed E-state index contributed by atoms with van der Waals surface area (Å²) in [5.41, 5.74) is 17.9. The lowest BCUT2D eigenvalue weighted by molar-refractivity contribution is 0.233. The van der Waals surface area contributed by atoms with E-state index in [0.717, 1.165) is 17.1 Å². The average molecular weight is 751 g/mol. The van der Waals surface area contributed by atoms with Crippen LogP contribution < -0.4 is 4.90 Å². The molecule has 3 atom stereocenters. The largest absolute Gasteiger partial charge is 0.311 e. The van der Waals surface area contributed by atoms with Crippen LogP contribution in [0, 0.1) is 11.8 Å². The minimum absolute atomic E-state index is 0.0178. The Morgan fingerprint density at radius 1 is 0.475 bits per heavy atom. The highest BCUT2D eigenvalue weighted by molar-refractivity contribution is 6.11. The zero-order valence-electron chi connectivity index (χ0n) is 32.3. The molecule has 4 aliphatic carbocycles. The average Bonchev–Trinajstić information content (AvgIpc) is 3.63. The number of para-hydroxylation sites is 3. The van der Waals surface area contributed by atoms with Crippen LogP contribution in [0.15, 0.2) is 230 Å². The first kappa shape index (κ1) is 32.6. The second-order valence-electron chi connectivity index (χ2n) is 16.4. The molecular weight excluding hydrogens is 713 g/mol. The van der Waals surface area contributed by atoms with Crippen molar-refractivity contribution in [2.24, 2.45) is 11.8 Å². The van der Waals surface area contributed by atoms with Gasteiger partial charge in [0.1, 0.15) is 0 Å². The van der Waals surface area contributed by atoms with Gasteiger partial charge in [-0.25, -0.2) is 0 Å². The molecule has 1 saturated carbocycles. The summed E-state index contributed by atoms with van der Waals surface area (Å²) in [5, 5.41) is 5.31. The van der Waals surface area contributed by atoms with Gasteiger partial charge in [-0.2, -0.15) is 0 Å². The fourth-order valence-corrected chi connectivity index (χ4v) is 11.2. The number of anilines is 3. The molecule has 2 nitrogen and oxygen atoms in total. The van der Waals surface area contributed by atoms with Gasteiger partial charge in [0, 0.05) is 45.4 Å². The fraction of sp³-hybridized carbons (Fsp3) is 0.0526. The number of hydrogen-bond acceptors (Lipinski definition) is 1. The summed E-state index contributed by atoms with van der Waals surface area (Å²) in [5.74, 6) is 1.02. The van der Waals surface area contributed by atoms with Gasteiger partial charge in [-0.15, -0.1) is 0 Å². The smallest absolute Gasteiger partial charge is 0.0541 e. The quantitative estimate of drug-likeness (QED) is 0.164. The van der Waals surface area contributed by atoms with Crippen molar-refractivity contribution in [1.82, 2.24) is 4.57 Å². The Hall–Kier alpha value is -7.42. The molecule has 4 aliphatic rings. The third kappa shape index (κ3) is 4.46. The van der Waals surface area contributed by atoms with E-state index in [0.29, 0.717) is 11.8 Å². The van der Waals surface area contributed by atoms with E-state index in [-0.39, 0.29) is 5.41 Å². The summed E-state index contributed by atoms with van der Waals surface area (Å²) < 4.78 is 2.37. The van der Waals surface area contributed by atoms with Crippen molar-refractivity contribution in [3.05, 3.63) is 241 Å². The van der Waals surface area contributed by atoms with Crippen molar-refractivity contribution in [3.63, 3.8) is 0 Å². The summed E-state index contributed by atoms with van der Waals surface area (Å²) in [4.78, 5) is 2.36. The Kier molecular flexibility index (Phi) is 6.80. The standard InChI is InChI=1S/C57H38N2/c1-3-14-41(15-4-1)58(43-29-24-37(25-30-43)40-28-35-54-48(36-40)46-18-7-8-23-53(46)59(54)42-16-5-2-6-17-42)44-31-26-38(27-32-44)45-33-34-52-56-47(45)19-11-22-51(56)57(52)49-20-9-12-39-13-10-21-50(57)55(39)49/h1-36,49,55H. The number of hydrogen-bond donors (Lipinski definition) is 0. The molecule has 276 valence electrons. The summed E-state index contributed by atoms with van der Waals surface area (Å²) in [6.45, 7) is 0. The minimum atomic E-state index is 0.0178. The third-order valence-electron chi connectivity index (χ3n) is 13.7. The molecule has 0 N–H and O–H groups in total. The maximum Gasteiger partial charge on any atom is 0.0541 e. The SMILES string of the molecule is C1=CC2=CC=CC3C2C(=C1)C31c2cccc3c(-c4ccc(N(c5ccccc5)c5ccc(-c6ccc7c(c6)c6ccccc6n7-c6ccccc6)cc5)cc4)ccc1c23. The number of rotatable bonds is 6. The van der Waals surface area contributed by atoms with E-state index < -0.39 is 0 Å². The molecule has 59 heavy (non-hydrogen) atoms. The topological polar surface area (TPSA) is 8.17 Å². The molecule has 0 amide bonds. The van der Waals surface area contributed by atoms with Gasteiger partial charge in [0.15, 0.2) is 0 Å². The second-order valence-corrected chi connectivity index (χ2v) is 16.4. The number of fused-ring (bicyclic) bond motifs is 7. The van der Waals surface area contributed by atoms with Gasteiger partial charge in [0.25, 0.3) is 0 Å². The Bertz CT molecular complexity index is 3290. The summed E-state index contributed by atoms with van der Waals surface area (Å²) >= 11 is 0. The molecule has 1 spiro atoms. The first-order chi connectivity index (χ1) is 29.3. The molecule has 9 aromatic rings. The van der Waals surface area contributed by atoms with Gasteiger partial charge in [-0.05, 0) is 122 Å². The van der Waals surface area contributed by atoms with E-state index >= 15 is 0 Å². The van der Waals surface area contributed by atoms with Crippen LogP contribution in [0.25, 0.3) is 60.5 Å². The number of nitrogens with zero attached hydrogens (tertiary/aromatic N) is 2. The molecule has 1 heterocycles. The van der Waals surface area contributed by atoms with Gasteiger partial charge in [-0.3, -0.25) is 0 Å². The first-order valence-electron chi connectivity index (χ1n) is 20.8. The maximum absolute atomic E-state index is 2.46. The Balaban J connectivity index is 0.846. The second kappa shape index (κ2) is 12.3. The Morgan fingerprint density at radius 2 is 1.14 bits per heavy atom. The van der Waals surface area contributed by atoms with E-state index in [1.807, 2.05) is 0 Å². The number of allylic oxidation sites excluding steroid dienone is 8. The molecule has 2 heteroatoms. The van der Waals surface area contributed by atoms with Crippen molar-refractivity contribution >= 4 is 49.6 Å². The number of benzene rings is 8. The summed E-state index contributed by atoms with van der Waals surface area (Å²) in [7, 11) is 0. The van der Waals surface area contributed by atoms with Crippen LogP contribution in [0.2, 0.25) is 0 Å². The van der Waals surface area contributed by atoms with Gasteiger partial charge in [0.05, 0.1) is 16.4 Å². The van der Waals surface area contributed by atoms with Crippen molar-refractivity contribution < 1.29 is 0 Å². The lowest BCUT2D eigenvalue weighted by atomic mass is 9.38. The van der Waals surface area contributed by atoms with E-state index in [1.165, 1.54) is 77.2 Å². The number of aromatic nitrogens is 1. The Labute approximate surface area is 343 Å². The predicted octanol–water partition coefficient (Wildman–Crippen LogP) is 14.6. The van der Waals surface area contributed by atoms with E-state index in [4.69, 9.17) is 0 Å². The minimum Gasteiger partial charge on any atom is -0.311 e. The molecule has 0 saturated heterocycles. The molecule has 8 aromatic carbocycles. The van der Waals surface area contributed by atoms with Crippen molar-refractivity contribution in [1.29, 1.82) is 0 Å². The molecule has 0 radical (unpaired) electrons. The maximum atomic E-state index is 2.46. The molecule has 0 bridgehead atoms. The van der Waals surface area contributed by atoms with E-state index in [9.17, 15) is 0 Å². The van der Waals surface area contributed by atoms with Crippen LogP contribution in [-0.4, -0.2) is 4.57 Å². The van der Waals surface area contributed by atoms with Gasteiger partial charge in [-0.1, -0.05) is 152 Å². The van der Waals surface area contributed by atoms with Crippen LogP contribution in [0.3, 0.4) is 0 Å². The first-order valence-corrected chi connectivity index (χ1v) is 20.8. The van der Waals surface area contributed by atoms with Gasteiger partial charge >= 0.3 is 0 Å². The van der Waals surface area contributed by atoms with E-state index in [1.54, 1.807) is 5.57 Å². The normalized spacial score (nSPS) is 19.3. The highest BCUT2D eigenvalue weighted by Gasteiger charge is 2.64. The third-order valence-corrected chi connectivity index (χ3v) is 13.7. The molecule has 1 fully saturated rings. The zero-order chi connectivity index (χ0) is 38.7. The highest BCUT2D eigenvalue weighted by atomic mass is 15.1. The lowest BCUT2D eigenvalue weighted by Crippen LogP contribution is -2.59. The molecule has 0 aliphatic heterocycles. The fourth-order valence-electron chi connectivity index (χ4n) is 11.2. The van der Waals surface area contributed by atoms with Crippen molar-refractivity contribution in [2.45, 2.75) is 5.41 Å². The van der Waals surface area contributed by atoms with Crippen LogP contribution in [0.5, 0.6) is 0 Å². The van der Waals surface area contributed by atoms with Crippen LogP contribution in [-0.2, 0) is 5.41 Å². The zero-order valence-corrected chi connectivity index (χ0v) is 32.3. The monoisotopic (exact) mass is 750 g/mol. The van der Waals surface area contributed by atoms with E-state index in [2.05, 4.69) is 228 Å². The molecule has 1 aromatic heterocycles.